The maximum absolute atomic E-state index is 11.9. The molecule has 2 aromatic rings. The highest BCUT2D eigenvalue weighted by Gasteiger charge is 1.99. The van der Waals surface area contributed by atoms with Crippen LogP contribution >= 0.6 is 0 Å². The first-order chi connectivity index (χ1) is 9.79. The van der Waals surface area contributed by atoms with Crippen molar-refractivity contribution in [3.8, 4) is 5.75 Å². The first-order valence-corrected chi connectivity index (χ1v) is 6.55. The van der Waals surface area contributed by atoms with Crippen LogP contribution in [0.4, 0.5) is 5.69 Å². The molecule has 0 saturated heterocycles. The van der Waals surface area contributed by atoms with Crippen molar-refractivity contribution in [2.24, 2.45) is 0 Å². The highest BCUT2D eigenvalue weighted by atomic mass is 16.5. The summed E-state index contributed by atoms with van der Waals surface area (Å²) in [6, 6.07) is 16.8. The number of allylic oxidation sites excluding steroid dienone is 1. The second kappa shape index (κ2) is 7.14. The van der Waals surface area contributed by atoms with Gasteiger partial charge in [0.2, 0.25) is 0 Å². The van der Waals surface area contributed by atoms with E-state index in [0.717, 1.165) is 11.4 Å². The number of rotatable bonds is 6. The van der Waals surface area contributed by atoms with Crippen molar-refractivity contribution in [3.63, 3.8) is 0 Å². The summed E-state index contributed by atoms with van der Waals surface area (Å²) in [5.41, 5.74) is 1.56. The number of carbonyl (C=O) groups excluding carboxylic acids is 1. The Balaban J connectivity index is 1.96. The molecule has 0 unspecified atom stereocenters. The summed E-state index contributed by atoms with van der Waals surface area (Å²) >= 11 is 0. The second-order valence-electron chi connectivity index (χ2n) is 4.17. The summed E-state index contributed by atoms with van der Waals surface area (Å²) in [6.45, 7) is 2.57. The molecule has 0 atom stereocenters. The molecule has 0 heterocycles. The van der Waals surface area contributed by atoms with E-state index in [1.807, 2.05) is 49.4 Å². The van der Waals surface area contributed by atoms with E-state index < -0.39 is 0 Å². The van der Waals surface area contributed by atoms with Crippen LogP contribution in [0.3, 0.4) is 0 Å². The van der Waals surface area contributed by atoms with Crippen LogP contribution in [0.15, 0.2) is 66.9 Å². The molecule has 20 heavy (non-hydrogen) atoms. The van der Waals surface area contributed by atoms with E-state index in [0.29, 0.717) is 12.2 Å². The molecule has 0 amide bonds. The summed E-state index contributed by atoms with van der Waals surface area (Å²) in [4.78, 5) is 11.9. The fraction of sp³-hybridized carbons (Fsp3) is 0.118. The number of ether oxygens (including phenoxy) is 1. The fourth-order valence-electron chi connectivity index (χ4n) is 1.75. The van der Waals surface area contributed by atoms with Gasteiger partial charge in [0.25, 0.3) is 0 Å². The Labute approximate surface area is 118 Å². The Morgan fingerprint density at radius 3 is 2.70 bits per heavy atom. The highest BCUT2D eigenvalue weighted by molar-refractivity contribution is 6.04. The average Bonchev–Trinajstić information content (AvgIpc) is 2.49. The van der Waals surface area contributed by atoms with Crippen LogP contribution in [0, 0.1) is 0 Å². The fourth-order valence-corrected chi connectivity index (χ4v) is 1.75. The summed E-state index contributed by atoms with van der Waals surface area (Å²) in [5.74, 6) is 0.777. The van der Waals surface area contributed by atoms with Gasteiger partial charge in [0.1, 0.15) is 5.75 Å². The molecule has 1 N–H and O–H groups in total. The Morgan fingerprint density at radius 2 is 1.95 bits per heavy atom. The minimum Gasteiger partial charge on any atom is -0.494 e. The number of hydrogen-bond donors (Lipinski definition) is 1. The third-order valence-corrected chi connectivity index (χ3v) is 2.69. The number of benzene rings is 2. The van der Waals surface area contributed by atoms with Gasteiger partial charge < -0.3 is 10.1 Å². The summed E-state index contributed by atoms with van der Waals surface area (Å²) in [6.07, 6.45) is 3.16. The predicted octanol–water partition coefficient (Wildman–Crippen LogP) is 3.89. The van der Waals surface area contributed by atoms with E-state index in [4.69, 9.17) is 4.74 Å². The Bertz CT molecular complexity index is 591. The van der Waals surface area contributed by atoms with Crippen molar-refractivity contribution >= 4 is 11.5 Å². The van der Waals surface area contributed by atoms with Gasteiger partial charge in [0.15, 0.2) is 5.78 Å². The molecule has 0 aliphatic heterocycles. The standard InChI is InChI=1S/C17H17NO2/c1-2-20-16-10-6-9-15(13-16)18-12-11-17(19)14-7-4-3-5-8-14/h3-13,18H,2H2,1H3/b12-11+. The Morgan fingerprint density at radius 1 is 1.15 bits per heavy atom. The lowest BCUT2D eigenvalue weighted by molar-refractivity contribution is 0.104. The second-order valence-corrected chi connectivity index (χ2v) is 4.17. The molecule has 0 radical (unpaired) electrons. The van der Waals surface area contributed by atoms with Crippen molar-refractivity contribution in [2.45, 2.75) is 6.92 Å². The molecule has 0 spiro atoms. The van der Waals surface area contributed by atoms with Crippen molar-refractivity contribution in [2.75, 3.05) is 11.9 Å². The van der Waals surface area contributed by atoms with E-state index in [2.05, 4.69) is 5.32 Å². The lowest BCUT2D eigenvalue weighted by Crippen LogP contribution is -1.96. The highest BCUT2D eigenvalue weighted by Crippen LogP contribution is 2.17. The number of anilines is 1. The molecular formula is C17H17NO2. The van der Waals surface area contributed by atoms with E-state index in [1.54, 1.807) is 18.3 Å². The van der Waals surface area contributed by atoms with E-state index in [1.165, 1.54) is 6.08 Å². The molecule has 0 aliphatic carbocycles. The number of nitrogens with one attached hydrogen (secondary N) is 1. The molecule has 0 bridgehead atoms. The normalized spacial score (nSPS) is 10.4. The molecule has 3 heteroatoms. The molecule has 2 rings (SSSR count). The summed E-state index contributed by atoms with van der Waals surface area (Å²) in [7, 11) is 0. The van der Waals surface area contributed by atoms with E-state index in [9.17, 15) is 4.79 Å². The maximum atomic E-state index is 11.9. The molecule has 0 saturated carbocycles. The lowest BCUT2D eigenvalue weighted by Gasteiger charge is -2.05. The largest absolute Gasteiger partial charge is 0.494 e. The number of ketones is 1. The van der Waals surface area contributed by atoms with Gasteiger partial charge in [-0.1, -0.05) is 36.4 Å². The van der Waals surface area contributed by atoms with Gasteiger partial charge in [-0.3, -0.25) is 4.79 Å². The van der Waals surface area contributed by atoms with Crippen molar-refractivity contribution in [3.05, 3.63) is 72.4 Å². The first kappa shape index (κ1) is 13.9. The van der Waals surface area contributed by atoms with Crippen molar-refractivity contribution < 1.29 is 9.53 Å². The first-order valence-electron chi connectivity index (χ1n) is 6.55. The van der Waals surface area contributed by atoms with Crippen LogP contribution in [0.25, 0.3) is 0 Å². The molecule has 0 aromatic heterocycles. The van der Waals surface area contributed by atoms with Crippen LogP contribution in [0.1, 0.15) is 17.3 Å². The summed E-state index contributed by atoms with van der Waals surface area (Å²) < 4.78 is 5.41. The zero-order valence-corrected chi connectivity index (χ0v) is 11.4. The van der Waals surface area contributed by atoms with Gasteiger partial charge in [0, 0.05) is 29.6 Å². The Kier molecular flexibility index (Phi) is 4.95. The lowest BCUT2D eigenvalue weighted by atomic mass is 10.1. The van der Waals surface area contributed by atoms with Gasteiger partial charge in [0.05, 0.1) is 6.61 Å². The number of hydrogen-bond acceptors (Lipinski definition) is 3. The smallest absolute Gasteiger partial charge is 0.187 e. The van der Waals surface area contributed by atoms with E-state index >= 15 is 0 Å². The van der Waals surface area contributed by atoms with Crippen LogP contribution in [0.5, 0.6) is 5.75 Å². The molecule has 3 nitrogen and oxygen atoms in total. The van der Waals surface area contributed by atoms with Crippen molar-refractivity contribution in [1.82, 2.24) is 0 Å². The molecule has 102 valence electrons. The Hall–Kier alpha value is -2.55. The zero-order valence-electron chi connectivity index (χ0n) is 11.4. The van der Waals surface area contributed by atoms with Crippen LogP contribution in [0.2, 0.25) is 0 Å². The quantitative estimate of drug-likeness (QED) is 0.637. The van der Waals surface area contributed by atoms with Crippen LogP contribution < -0.4 is 10.1 Å². The molecular weight excluding hydrogens is 250 g/mol. The SMILES string of the molecule is CCOc1cccc(N/C=C/C(=O)c2ccccc2)c1. The van der Waals surface area contributed by atoms with Gasteiger partial charge in [-0.05, 0) is 19.1 Å². The monoisotopic (exact) mass is 267 g/mol. The van der Waals surface area contributed by atoms with Crippen LogP contribution in [-0.2, 0) is 0 Å². The topological polar surface area (TPSA) is 38.3 Å². The van der Waals surface area contributed by atoms with Crippen LogP contribution in [-0.4, -0.2) is 12.4 Å². The van der Waals surface area contributed by atoms with Gasteiger partial charge in [-0.2, -0.15) is 0 Å². The number of carbonyl (C=O) groups is 1. The summed E-state index contributed by atoms with van der Waals surface area (Å²) in [5, 5.41) is 3.06. The van der Waals surface area contributed by atoms with Gasteiger partial charge in [-0.25, -0.2) is 0 Å². The third kappa shape index (κ3) is 3.99. The molecule has 2 aromatic carbocycles. The third-order valence-electron chi connectivity index (χ3n) is 2.69. The average molecular weight is 267 g/mol. The zero-order chi connectivity index (χ0) is 14.2. The van der Waals surface area contributed by atoms with Gasteiger partial charge in [-0.15, -0.1) is 0 Å². The molecule has 0 aliphatic rings. The minimum absolute atomic E-state index is 0.0286. The maximum Gasteiger partial charge on any atom is 0.187 e. The predicted molar refractivity (Wildman–Crippen MR) is 81.1 cm³/mol. The van der Waals surface area contributed by atoms with Gasteiger partial charge >= 0.3 is 0 Å². The molecule has 0 fully saturated rings. The minimum atomic E-state index is -0.0286. The van der Waals surface area contributed by atoms with Crippen molar-refractivity contribution in [1.29, 1.82) is 0 Å². The van der Waals surface area contributed by atoms with E-state index in [-0.39, 0.29) is 5.78 Å².